The first-order valence-electron chi connectivity index (χ1n) is 8.66. The van der Waals surface area contributed by atoms with Crippen LogP contribution in [0, 0.1) is 0 Å². The van der Waals surface area contributed by atoms with Gasteiger partial charge in [-0.2, -0.15) is 0 Å². The molecule has 1 aromatic carbocycles. The molecule has 2 heterocycles. The number of carboxylic acids is 1. The standard InChI is InChI=1S/C18H19N3O6/c22-14-9-8-12(19-16(24)15(23)11-5-2-1-3-6-11)17(25)21-13(18(26)27)7-4-10-20(14)21/h1-3,5-6,12-13H,4,7-10H2,(H,19,24)(H,26,27). The highest BCUT2D eigenvalue weighted by Crippen LogP contribution is 2.24. The normalized spacial score (nSPS) is 22.7. The maximum absolute atomic E-state index is 12.9. The average molecular weight is 373 g/mol. The predicted octanol–water partition coefficient (Wildman–Crippen LogP) is -0.0329. The molecule has 3 amide bonds. The number of nitrogens with zero attached hydrogens (tertiary/aromatic N) is 2. The van der Waals surface area contributed by atoms with E-state index in [0.717, 1.165) is 10.0 Å². The summed E-state index contributed by atoms with van der Waals surface area (Å²) in [5.41, 5.74) is 0.176. The van der Waals surface area contributed by atoms with E-state index in [0.29, 0.717) is 6.42 Å². The molecule has 0 saturated carbocycles. The van der Waals surface area contributed by atoms with Gasteiger partial charge in [0.05, 0.1) is 0 Å². The summed E-state index contributed by atoms with van der Waals surface area (Å²) in [6.45, 7) is 0.248. The number of hydrazine groups is 1. The van der Waals surface area contributed by atoms with E-state index in [1.807, 2.05) is 0 Å². The number of aliphatic carboxylic acids is 1. The van der Waals surface area contributed by atoms with Gasteiger partial charge in [-0.15, -0.1) is 0 Å². The third kappa shape index (κ3) is 3.67. The number of nitrogens with one attached hydrogen (secondary N) is 1. The zero-order valence-electron chi connectivity index (χ0n) is 14.5. The van der Waals surface area contributed by atoms with Gasteiger partial charge in [0.25, 0.3) is 11.8 Å². The summed E-state index contributed by atoms with van der Waals surface area (Å²) in [7, 11) is 0. The summed E-state index contributed by atoms with van der Waals surface area (Å²) in [4.78, 5) is 61.2. The van der Waals surface area contributed by atoms with E-state index in [-0.39, 0.29) is 37.3 Å². The van der Waals surface area contributed by atoms with E-state index < -0.39 is 35.7 Å². The molecule has 0 aliphatic carbocycles. The Morgan fingerprint density at radius 3 is 2.44 bits per heavy atom. The number of carbonyl (C=O) groups excluding carboxylic acids is 4. The first-order chi connectivity index (χ1) is 12.9. The van der Waals surface area contributed by atoms with E-state index in [1.165, 1.54) is 12.1 Å². The van der Waals surface area contributed by atoms with Crippen LogP contribution in [0.4, 0.5) is 0 Å². The molecule has 0 radical (unpaired) electrons. The highest BCUT2D eigenvalue weighted by molar-refractivity contribution is 6.43. The molecule has 0 aromatic heterocycles. The molecule has 0 bridgehead atoms. The quantitative estimate of drug-likeness (QED) is 0.564. The van der Waals surface area contributed by atoms with Gasteiger partial charge in [0, 0.05) is 18.5 Å². The molecule has 1 aromatic rings. The number of carboxylic acid groups (broad SMARTS) is 1. The minimum atomic E-state index is -1.21. The SMILES string of the molecule is O=C(NC1CCC(=O)N2CCCC(C(=O)O)N2C1=O)C(=O)c1ccccc1. The molecule has 2 atom stereocenters. The fraction of sp³-hybridized carbons (Fsp3) is 0.389. The highest BCUT2D eigenvalue weighted by Gasteiger charge is 2.44. The minimum absolute atomic E-state index is 0.00478. The number of rotatable bonds is 4. The van der Waals surface area contributed by atoms with Crippen molar-refractivity contribution in [1.82, 2.24) is 15.3 Å². The Morgan fingerprint density at radius 2 is 1.78 bits per heavy atom. The molecule has 2 fully saturated rings. The lowest BCUT2D eigenvalue weighted by Gasteiger charge is -2.41. The van der Waals surface area contributed by atoms with Gasteiger partial charge in [-0.1, -0.05) is 30.3 Å². The Balaban J connectivity index is 1.80. The van der Waals surface area contributed by atoms with Gasteiger partial charge in [-0.3, -0.25) is 24.2 Å². The number of amides is 3. The van der Waals surface area contributed by atoms with Gasteiger partial charge >= 0.3 is 5.97 Å². The molecule has 9 nitrogen and oxygen atoms in total. The van der Waals surface area contributed by atoms with Crippen LogP contribution in [0.1, 0.15) is 36.0 Å². The van der Waals surface area contributed by atoms with Gasteiger partial charge in [0.1, 0.15) is 6.04 Å². The topological polar surface area (TPSA) is 124 Å². The van der Waals surface area contributed by atoms with Crippen LogP contribution in [0.2, 0.25) is 0 Å². The van der Waals surface area contributed by atoms with Crippen LogP contribution in [0.5, 0.6) is 0 Å². The first-order valence-corrected chi connectivity index (χ1v) is 8.66. The van der Waals surface area contributed by atoms with Crippen LogP contribution >= 0.6 is 0 Å². The molecule has 0 spiro atoms. The van der Waals surface area contributed by atoms with Crippen molar-refractivity contribution in [3.63, 3.8) is 0 Å². The second-order valence-electron chi connectivity index (χ2n) is 6.46. The van der Waals surface area contributed by atoms with Crippen molar-refractivity contribution in [3.8, 4) is 0 Å². The summed E-state index contributed by atoms with van der Waals surface area (Å²) < 4.78 is 0. The maximum Gasteiger partial charge on any atom is 0.328 e. The minimum Gasteiger partial charge on any atom is -0.480 e. The van der Waals surface area contributed by atoms with Crippen molar-refractivity contribution < 1.29 is 29.1 Å². The van der Waals surface area contributed by atoms with E-state index in [4.69, 9.17) is 0 Å². The van der Waals surface area contributed by atoms with Crippen molar-refractivity contribution in [2.24, 2.45) is 0 Å². The van der Waals surface area contributed by atoms with Gasteiger partial charge in [-0.05, 0) is 19.3 Å². The molecular formula is C18H19N3O6. The van der Waals surface area contributed by atoms with Crippen LogP contribution in [0.15, 0.2) is 30.3 Å². The Bertz CT molecular complexity index is 794. The third-order valence-corrected chi connectivity index (χ3v) is 4.69. The van der Waals surface area contributed by atoms with Crippen LogP contribution in [-0.4, -0.2) is 63.2 Å². The van der Waals surface area contributed by atoms with Gasteiger partial charge in [0.15, 0.2) is 6.04 Å². The third-order valence-electron chi connectivity index (χ3n) is 4.69. The van der Waals surface area contributed by atoms with Crippen LogP contribution in [0.3, 0.4) is 0 Å². The summed E-state index contributed by atoms with van der Waals surface area (Å²) >= 11 is 0. The first kappa shape index (κ1) is 18.6. The number of hydrogen-bond acceptors (Lipinski definition) is 5. The van der Waals surface area contributed by atoms with Crippen LogP contribution in [0.25, 0.3) is 0 Å². The summed E-state index contributed by atoms with van der Waals surface area (Å²) in [5.74, 6) is -4.05. The lowest BCUT2D eigenvalue weighted by atomic mass is 10.1. The van der Waals surface area contributed by atoms with Crippen molar-refractivity contribution in [3.05, 3.63) is 35.9 Å². The molecule has 2 N–H and O–H groups in total. The van der Waals surface area contributed by atoms with Crippen LogP contribution in [-0.2, 0) is 19.2 Å². The van der Waals surface area contributed by atoms with Crippen molar-refractivity contribution in [1.29, 1.82) is 0 Å². The van der Waals surface area contributed by atoms with Crippen LogP contribution < -0.4 is 5.32 Å². The van der Waals surface area contributed by atoms with E-state index in [9.17, 15) is 29.1 Å². The summed E-state index contributed by atoms with van der Waals surface area (Å²) in [5, 5.41) is 13.9. The second-order valence-corrected chi connectivity index (χ2v) is 6.46. The fourth-order valence-electron chi connectivity index (χ4n) is 3.34. The maximum atomic E-state index is 12.9. The predicted molar refractivity (Wildman–Crippen MR) is 91.2 cm³/mol. The van der Waals surface area contributed by atoms with E-state index >= 15 is 0 Å². The van der Waals surface area contributed by atoms with E-state index in [2.05, 4.69) is 5.32 Å². The Hall–Kier alpha value is -3.23. The molecular weight excluding hydrogens is 354 g/mol. The van der Waals surface area contributed by atoms with Crippen molar-refractivity contribution in [2.75, 3.05) is 6.54 Å². The lowest BCUT2D eigenvalue weighted by molar-refractivity contribution is -0.180. The highest BCUT2D eigenvalue weighted by atomic mass is 16.4. The summed E-state index contributed by atoms with van der Waals surface area (Å²) in [6, 6.07) is 5.57. The van der Waals surface area contributed by atoms with Crippen molar-refractivity contribution >= 4 is 29.5 Å². The number of benzene rings is 1. The monoisotopic (exact) mass is 373 g/mol. The summed E-state index contributed by atoms with van der Waals surface area (Å²) in [6.07, 6.45) is 0.661. The Morgan fingerprint density at radius 1 is 1.07 bits per heavy atom. The Kier molecular flexibility index (Phi) is 5.20. The molecule has 3 rings (SSSR count). The molecule has 27 heavy (non-hydrogen) atoms. The number of Topliss-reactive ketones (excluding diaryl/α,β-unsaturated/α-hetero) is 1. The smallest absolute Gasteiger partial charge is 0.328 e. The molecule has 142 valence electrons. The zero-order valence-corrected chi connectivity index (χ0v) is 14.5. The average Bonchev–Trinajstić information content (AvgIpc) is 2.80. The van der Waals surface area contributed by atoms with Gasteiger partial charge in [-0.25, -0.2) is 9.80 Å². The number of ketones is 1. The molecule has 9 heteroatoms. The second kappa shape index (κ2) is 7.56. The fourth-order valence-corrected chi connectivity index (χ4v) is 3.34. The van der Waals surface area contributed by atoms with Crippen molar-refractivity contribution in [2.45, 2.75) is 37.8 Å². The molecule has 2 unspecified atom stereocenters. The number of hydrogen-bond donors (Lipinski definition) is 2. The number of fused-ring (bicyclic) bond motifs is 1. The molecule has 2 saturated heterocycles. The van der Waals surface area contributed by atoms with Gasteiger partial charge in [0.2, 0.25) is 11.7 Å². The zero-order chi connectivity index (χ0) is 19.6. The van der Waals surface area contributed by atoms with Gasteiger partial charge < -0.3 is 10.4 Å². The van der Waals surface area contributed by atoms with E-state index in [1.54, 1.807) is 18.2 Å². The largest absolute Gasteiger partial charge is 0.480 e. The Labute approximate surface area is 154 Å². The lowest BCUT2D eigenvalue weighted by Crippen LogP contribution is -2.62. The molecule has 2 aliphatic rings. The number of carbonyl (C=O) groups is 5. The molecule has 2 aliphatic heterocycles.